The van der Waals surface area contributed by atoms with E-state index < -0.39 is 0 Å². The first-order valence-electron chi connectivity index (χ1n) is 7.48. The van der Waals surface area contributed by atoms with Crippen molar-refractivity contribution in [1.82, 2.24) is 15.3 Å². The number of nitrogens with two attached hydrogens (primary N) is 1. The second kappa shape index (κ2) is 5.48. The molecule has 2 fully saturated rings. The number of hydrogen-bond donors (Lipinski definition) is 2. The highest BCUT2D eigenvalue weighted by Gasteiger charge is 2.40. The van der Waals surface area contributed by atoms with Crippen LogP contribution in [0.2, 0.25) is 0 Å². The summed E-state index contributed by atoms with van der Waals surface area (Å²) in [6.45, 7) is 1.86. The Morgan fingerprint density at radius 1 is 1.25 bits per heavy atom. The molecule has 0 aromatic carbocycles. The van der Waals surface area contributed by atoms with Crippen molar-refractivity contribution in [1.29, 1.82) is 0 Å². The monoisotopic (exact) mass is 274 g/mol. The Morgan fingerprint density at radius 3 is 2.55 bits per heavy atom. The summed E-state index contributed by atoms with van der Waals surface area (Å²) in [5.41, 5.74) is 7.34. The molecule has 2 bridgehead atoms. The number of amides is 1. The standard InChI is InChI=1S/C15H22N4O/c1-9-7-18-13(8-17-9)15(20)19-14-10-3-2-4-11(14)6-12(16)5-10/h7-8,10-12,14H,2-6,16H2,1H3,(H,19,20). The molecule has 0 aliphatic heterocycles. The number of nitrogens with zero attached hydrogens (tertiary/aromatic N) is 2. The second-order valence-electron chi connectivity index (χ2n) is 6.22. The molecule has 0 spiro atoms. The number of carbonyl (C=O) groups is 1. The summed E-state index contributed by atoms with van der Waals surface area (Å²) in [6, 6.07) is 0.566. The molecule has 0 saturated heterocycles. The lowest BCUT2D eigenvalue weighted by molar-refractivity contribution is 0.0751. The quantitative estimate of drug-likeness (QED) is 0.854. The maximum atomic E-state index is 12.3. The van der Waals surface area contributed by atoms with Crippen LogP contribution in [-0.2, 0) is 0 Å². The number of carbonyl (C=O) groups excluding carboxylic acids is 1. The van der Waals surface area contributed by atoms with Crippen molar-refractivity contribution >= 4 is 5.91 Å². The molecule has 2 aliphatic rings. The van der Waals surface area contributed by atoms with Crippen molar-refractivity contribution in [2.75, 3.05) is 0 Å². The Balaban J connectivity index is 1.70. The third-order valence-corrected chi connectivity index (χ3v) is 4.69. The predicted molar refractivity (Wildman–Crippen MR) is 76.1 cm³/mol. The highest BCUT2D eigenvalue weighted by molar-refractivity contribution is 5.92. The summed E-state index contributed by atoms with van der Waals surface area (Å²) in [4.78, 5) is 20.6. The van der Waals surface area contributed by atoms with Gasteiger partial charge in [0, 0.05) is 18.3 Å². The largest absolute Gasteiger partial charge is 0.347 e. The Morgan fingerprint density at radius 2 is 1.95 bits per heavy atom. The molecule has 1 amide bonds. The van der Waals surface area contributed by atoms with Gasteiger partial charge in [0.2, 0.25) is 0 Å². The van der Waals surface area contributed by atoms with Crippen molar-refractivity contribution in [3.05, 3.63) is 23.8 Å². The van der Waals surface area contributed by atoms with Crippen molar-refractivity contribution in [2.24, 2.45) is 17.6 Å². The van der Waals surface area contributed by atoms with Crippen LogP contribution in [-0.4, -0.2) is 28.0 Å². The van der Waals surface area contributed by atoms with Crippen LogP contribution in [0.25, 0.3) is 0 Å². The van der Waals surface area contributed by atoms with Gasteiger partial charge in [-0.25, -0.2) is 4.98 Å². The maximum Gasteiger partial charge on any atom is 0.271 e. The highest BCUT2D eigenvalue weighted by Crippen LogP contribution is 2.39. The van der Waals surface area contributed by atoms with Gasteiger partial charge in [0.1, 0.15) is 5.69 Å². The summed E-state index contributed by atoms with van der Waals surface area (Å²) in [5.74, 6) is 0.953. The van der Waals surface area contributed by atoms with Crippen LogP contribution in [0, 0.1) is 18.8 Å². The van der Waals surface area contributed by atoms with E-state index in [1.165, 1.54) is 19.3 Å². The molecule has 3 N–H and O–H groups in total. The molecule has 20 heavy (non-hydrogen) atoms. The van der Waals surface area contributed by atoms with E-state index >= 15 is 0 Å². The molecular weight excluding hydrogens is 252 g/mol. The Bertz CT molecular complexity index is 473. The van der Waals surface area contributed by atoms with Crippen LogP contribution in [0.3, 0.4) is 0 Å². The molecule has 2 atom stereocenters. The van der Waals surface area contributed by atoms with Crippen molar-refractivity contribution in [2.45, 2.75) is 51.1 Å². The molecular formula is C15H22N4O. The number of aromatic nitrogens is 2. The number of nitrogens with one attached hydrogen (secondary N) is 1. The summed E-state index contributed by atoms with van der Waals surface area (Å²) in [6.07, 6.45) is 8.85. The minimum Gasteiger partial charge on any atom is -0.347 e. The molecule has 2 unspecified atom stereocenters. The van der Waals surface area contributed by atoms with Crippen molar-refractivity contribution in [3.63, 3.8) is 0 Å². The predicted octanol–water partition coefficient (Wildman–Crippen LogP) is 1.42. The molecule has 1 aromatic rings. The number of fused-ring (bicyclic) bond motifs is 2. The smallest absolute Gasteiger partial charge is 0.271 e. The summed E-state index contributed by atoms with van der Waals surface area (Å²) < 4.78 is 0. The third-order valence-electron chi connectivity index (χ3n) is 4.69. The highest BCUT2D eigenvalue weighted by atomic mass is 16.2. The van der Waals surface area contributed by atoms with E-state index in [4.69, 9.17) is 5.73 Å². The number of hydrogen-bond acceptors (Lipinski definition) is 4. The van der Waals surface area contributed by atoms with E-state index in [1.807, 2.05) is 6.92 Å². The fraction of sp³-hybridized carbons (Fsp3) is 0.667. The SMILES string of the molecule is Cc1cnc(C(=O)NC2C3CCCC2CC(N)C3)cn1. The maximum absolute atomic E-state index is 12.3. The zero-order valence-corrected chi connectivity index (χ0v) is 11.9. The summed E-state index contributed by atoms with van der Waals surface area (Å²) in [5, 5.41) is 3.18. The first kappa shape index (κ1) is 13.5. The number of rotatable bonds is 2. The van der Waals surface area contributed by atoms with Crippen LogP contribution in [0.5, 0.6) is 0 Å². The minimum absolute atomic E-state index is 0.102. The molecule has 1 aromatic heterocycles. The topological polar surface area (TPSA) is 80.9 Å². The number of aryl methyl sites for hydroxylation is 1. The van der Waals surface area contributed by atoms with Gasteiger partial charge in [-0.1, -0.05) is 6.42 Å². The van der Waals surface area contributed by atoms with Gasteiger partial charge in [-0.3, -0.25) is 9.78 Å². The first-order valence-corrected chi connectivity index (χ1v) is 7.48. The molecule has 2 saturated carbocycles. The van der Waals surface area contributed by atoms with Crippen LogP contribution in [0.15, 0.2) is 12.4 Å². The Labute approximate surface area is 119 Å². The lowest BCUT2D eigenvalue weighted by atomic mass is 9.67. The minimum atomic E-state index is -0.102. The van der Waals surface area contributed by atoms with Gasteiger partial charge in [-0.05, 0) is 44.4 Å². The van der Waals surface area contributed by atoms with Crippen molar-refractivity contribution in [3.8, 4) is 0 Å². The van der Waals surface area contributed by atoms with Gasteiger partial charge in [0.25, 0.3) is 5.91 Å². The molecule has 3 rings (SSSR count). The fourth-order valence-corrected chi connectivity index (χ4v) is 3.76. The lowest BCUT2D eigenvalue weighted by Crippen LogP contribution is -2.53. The summed E-state index contributed by atoms with van der Waals surface area (Å²) in [7, 11) is 0. The average molecular weight is 274 g/mol. The molecule has 5 heteroatoms. The van der Waals surface area contributed by atoms with E-state index in [-0.39, 0.29) is 11.9 Å². The van der Waals surface area contributed by atoms with E-state index in [9.17, 15) is 4.79 Å². The van der Waals surface area contributed by atoms with E-state index in [1.54, 1.807) is 12.4 Å². The van der Waals surface area contributed by atoms with Gasteiger partial charge in [-0.15, -0.1) is 0 Å². The normalized spacial score (nSPS) is 32.7. The molecule has 1 heterocycles. The molecule has 5 nitrogen and oxygen atoms in total. The van der Waals surface area contributed by atoms with E-state index in [0.29, 0.717) is 23.6 Å². The molecule has 0 radical (unpaired) electrons. The van der Waals surface area contributed by atoms with Gasteiger partial charge in [0.05, 0.1) is 11.9 Å². The van der Waals surface area contributed by atoms with Gasteiger partial charge >= 0.3 is 0 Å². The lowest BCUT2D eigenvalue weighted by Gasteiger charge is -2.45. The third kappa shape index (κ3) is 2.68. The van der Waals surface area contributed by atoms with Crippen molar-refractivity contribution < 1.29 is 4.79 Å². The van der Waals surface area contributed by atoms with Crippen LogP contribution < -0.4 is 11.1 Å². The van der Waals surface area contributed by atoms with Crippen LogP contribution >= 0.6 is 0 Å². The average Bonchev–Trinajstić information content (AvgIpc) is 2.40. The fourth-order valence-electron chi connectivity index (χ4n) is 3.76. The molecule has 2 aliphatic carbocycles. The summed E-state index contributed by atoms with van der Waals surface area (Å²) >= 11 is 0. The zero-order chi connectivity index (χ0) is 14.1. The van der Waals surface area contributed by atoms with Gasteiger partial charge in [-0.2, -0.15) is 0 Å². The second-order valence-corrected chi connectivity index (χ2v) is 6.22. The van der Waals surface area contributed by atoms with Gasteiger partial charge in [0.15, 0.2) is 0 Å². The van der Waals surface area contributed by atoms with E-state index in [2.05, 4.69) is 15.3 Å². The Kier molecular flexibility index (Phi) is 3.70. The Hall–Kier alpha value is -1.49. The zero-order valence-electron chi connectivity index (χ0n) is 11.9. The van der Waals surface area contributed by atoms with E-state index in [0.717, 1.165) is 18.5 Å². The molecule has 108 valence electrons. The van der Waals surface area contributed by atoms with Gasteiger partial charge < -0.3 is 11.1 Å². The van der Waals surface area contributed by atoms with Crippen LogP contribution in [0.1, 0.15) is 48.3 Å². The van der Waals surface area contributed by atoms with Crippen LogP contribution in [0.4, 0.5) is 0 Å². The first-order chi connectivity index (χ1) is 9.63.